The van der Waals surface area contributed by atoms with Crippen LogP contribution in [0.2, 0.25) is 0 Å². The summed E-state index contributed by atoms with van der Waals surface area (Å²) in [6.07, 6.45) is 4.47. The third-order valence-corrected chi connectivity index (χ3v) is 4.57. The maximum Gasteiger partial charge on any atom is 0.203 e. The third-order valence-electron chi connectivity index (χ3n) is 3.71. The summed E-state index contributed by atoms with van der Waals surface area (Å²) < 4.78 is 0. The number of aromatic nitrogens is 1. The Morgan fingerprint density at radius 2 is 2.10 bits per heavy atom. The van der Waals surface area contributed by atoms with Crippen molar-refractivity contribution >= 4 is 28.4 Å². The van der Waals surface area contributed by atoms with Gasteiger partial charge in [0.2, 0.25) is 5.13 Å². The van der Waals surface area contributed by atoms with Crippen molar-refractivity contribution in [3.8, 4) is 0 Å². The lowest BCUT2D eigenvalue weighted by Gasteiger charge is -2.18. The summed E-state index contributed by atoms with van der Waals surface area (Å²) in [5.74, 6) is 0. The molecule has 1 aliphatic rings. The van der Waals surface area contributed by atoms with E-state index in [1.807, 2.05) is 18.5 Å². The molecule has 0 radical (unpaired) electrons. The van der Waals surface area contributed by atoms with Crippen LogP contribution in [0.15, 0.2) is 28.7 Å². The van der Waals surface area contributed by atoms with Crippen LogP contribution < -0.4 is 10.3 Å². The molecular weight excluding hydrogens is 280 g/mol. The lowest BCUT2D eigenvalue weighted by molar-refractivity contribution is 0.949. The van der Waals surface area contributed by atoms with E-state index in [-0.39, 0.29) is 0 Å². The quantitative estimate of drug-likeness (QED) is 0.689. The molecule has 0 spiro atoms. The number of aryl methyl sites for hydroxylation is 2. The van der Waals surface area contributed by atoms with Crippen molar-refractivity contribution < 1.29 is 0 Å². The molecule has 0 aliphatic carbocycles. The number of rotatable bonds is 4. The maximum atomic E-state index is 4.32. The first kappa shape index (κ1) is 14.1. The van der Waals surface area contributed by atoms with Crippen LogP contribution in [0.25, 0.3) is 0 Å². The topological polar surface area (TPSA) is 40.5 Å². The molecule has 2 heterocycles. The average molecular weight is 300 g/mol. The summed E-state index contributed by atoms with van der Waals surface area (Å²) in [7, 11) is 0. The highest BCUT2D eigenvalue weighted by Gasteiger charge is 2.12. The molecule has 1 aliphatic heterocycles. The molecule has 0 unspecified atom stereocenters. The smallest absolute Gasteiger partial charge is 0.203 e. The first-order valence-corrected chi connectivity index (χ1v) is 8.17. The molecular formula is C16H20N4S. The summed E-state index contributed by atoms with van der Waals surface area (Å²) in [5, 5.41) is 7.11. The minimum Gasteiger partial charge on any atom is -0.372 e. The normalized spacial score (nSPS) is 15.0. The molecule has 3 rings (SSSR count). The van der Waals surface area contributed by atoms with Gasteiger partial charge in [0.25, 0.3) is 0 Å². The van der Waals surface area contributed by atoms with Gasteiger partial charge in [-0.2, -0.15) is 5.10 Å². The van der Waals surface area contributed by atoms with E-state index >= 15 is 0 Å². The Hall–Kier alpha value is -1.88. The third kappa shape index (κ3) is 3.42. The number of nitrogens with zero attached hydrogens (tertiary/aromatic N) is 3. The maximum absolute atomic E-state index is 4.32. The van der Waals surface area contributed by atoms with E-state index in [4.69, 9.17) is 0 Å². The molecule has 21 heavy (non-hydrogen) atoms. The van der Waals surface area contributed by atoms with E-state index < -0.39 is 0 Å². The van der Waals surface area contributed by atoms with E-state index in [0.29, 0.717) is 0 Å². The van der Waals surface area contributed by atoms with E-state index in [1.165, 1.54) is 37.2 Å². The fraction of sp³-hybridized carbons (Fsp3) is 0.375. The highest BCUT2D eigenvalue weighted by atomic mass is 32.1. The molecule has 110 valence electrons. The van der Waals surface area contributed by atoms with Gasteiger partial charge >= 0.3 is 0 Å². The number of hydrogen-bond acceptors (Lipinski definition) is 5. The summed E-state index contributed by atoms with van der Waals surface area (Å²) in [6, 6.07) is 6.58. The van der Waals surface area contributed by atoms with Crippen LogP contribution in [0, 0.1) is 13.8 Å². The van der Waals surface area contributed by atoms with Crippen molar-refractivity contribution in [1.29, 1.82) is 0 Å². The lowest BCUT2D eigenvalue weighted by atomic mass is 10.1. The van der Waals surface area contributed by atoms with Gasteiger partial charge in [-0.05, 0) is 49.9 Å². The minimum atomic E-state index is 0.829. The Morgan fingerprint density at radius 1 is 1.29 bits per heavy atom. The molecule has 4 nitrogen and oxygen atoms in total. The Labute approximate surface area is 129 Å². The van der Waals surface area contributed by atoms with Crippen LogP contribution in [0.4, 0.5) is 10.8 Å². The molecule has 1 aromatic heterocycles. The second kappa shape index (κ2) is 6.26. The Balaban J connectivity index is 1.67. The zero-order chi connectivity index (χ0) is 14.7. The van der Waals surface area contributed by atoms with E-state index in [0.717, 1.165) is 16.4 Å². The second-order valence-corrected chi connectivity index (χ2v) is 6.26. The van der Waals surface area contributed by atoms with Crippen molar-refractivity contribution in [3.05, 3.63) is 40.4 Å². The molecule has 2 aromatic rings. The first-order chi connectivity index (χ1) is 10.2. The highest BCUT2D eigenvalue weighted by molar-refractivity contribution is 7.13. The van der Waals surface area contributed by atoms with Crippen LogP contribution in [0.5, 0.6) is 0 Å². The van der Waals surface area contributed by atoms with Crippen LogP contribution in [-0.2, 0) is 0 Å². The molecule has 1 N–H and O–H groups in total. The summed E-state index contributed by atoms with van der Waals surface area (Å²) in [6.45, 7) is 6.47. The summed E-state index contributed by atoms with van der Waals surface area (Å²) in [4.78, 5) is 6.77. The number of benzene rings is 1. The number of thiazole rings is 1. The molecule has 0 saturated carbocycles. The molecule has 0 bridgehead atoms. The molecule has 5 heteroatoms. The molecule has 1 saturated heterocycles. The number of nitrogens with one attached hydrogen (secondary N) is 1. The largest absolute Gasteiger partial charge is 0.372 e. The van der Waals surface area contributed by atoms with E-state index in [9.17, 15) is 0 Å². The standard InChI is InChI=1S/C16H20N4S/c1-12-9-15(20-7-3-4-8-20)6-5-14(12)10-17-19-16-18-13(2)11-21-16/h5-6,9-11H,3-4,7-8H2,1-2H3,(H,18,19). The van der Waals surface area contributed by atoms with Gasteiger partial charge < -0.3 is 4.90 Å². The monoisotopic (exact) mass is 300 g/mol. The highest BCUT2D eigenvalue weighted by Crippen LogP contribution is 2.22. The van der Waals surface area contributed by atoms with Gasteiger partial charge in [0, 0.05) is 24.2 Å². The lowest BCUT2D eigenvalue weighted by Crippen LogP contribution is -2.17. The van der Waals surface area contributed by atoms with Crippen LogP contribution in [-0.4, -0.2) is 24.3 Å². The fourth-order valence-electron chi connectivity index (χ4n) is 2.54. The van der Waals surface area contributed by atoms with E-state index in [1.54, 1.807) is 11.3 Å². The van der Waals surface area contributed by atoms with Gasteiger partial charge in [0.1, 0.15) is 0 Å². The number of hydrazone groups is 1. The first-order valence-electron chi connectivity index (χ1n) is 7.29. The van der Waals surface area contributed by atoms with E-state index in [2.05, 4.69) is 45.5 Å². The van der Waals surface area contributed by atoms with Crippen molar-refractivity contribution in [2.45, 2.75) is 26.7 Å². The predicted molar refractivity (Wildman–Crippen MR) is 90.7 cm³/mol. The minimum absolute atomic E-state index is 0.829. The predicted octanol–water partition coefficient (Wildman–Crippen LogP) is 3.81. The van der Waals surface area contributed by atoms with Crippen LogP contribution >= 0.6 is 11.3 Å². The Morgan fingerprint density at radius 3 is 2.76 bits per heavy atom. The van der Waals surface area contributed by atoms with Gasteiger partial charge in [-0.3, -0.25) is 5.43 Å². The SMILES string of the molecule is Cc1csc(NN=Cc2ccc(N3CCCC3)cc2C)n1. The Bertz CT molecular complexity index is 641. The van der Waals surface area contributed by atoms with Crippen LogP contribution in [0.3, 0.4) is 0 Å². The zero-order valence-electron chi connectivity index (χ0n) is 12.5. The Kier molecular flexibility index (Phi) is 4.20. The summed E-state index contributed by atoms with van der Waals surface area (Å²) in [5.41, 5.74) is 7.71. The number of hydrogen-bond donors (Lipinski definition) is 1. The van der Waals surface area contributed by atoms with Gasteiger partial charge in [-0.15, -0.1) is 11.3 Å². The zero-order valence-corrected chi connectivity index (χ0v) is 13.3. The van der Waals surface area contributed by atoms with Crippen molar-refractivity contribution in [3.63, 3.8) is 0 Å². The average Bonchev–Trinajstić information content (AvgIpc) is 3.12. The van der Waals surface area contributed by atoms with Gasteiger partial charge in [-0.25, -0.2) is 4.98 Å². The van der Waals surface area contributed by atoms with Gasteiger partial charge in [0.15, 0.2) is 0 Å². The second-order valence-electron chi connectivity index (χ2n) is 5.40. The molecule has 1 aromatic carbocycles. The molecule has 1 fully saturated rings. The van der Waals surface area contributed by atoms with Crippen molar-refractivity contribution in [2.75, 3.05) is 23.4 Å². The molecule has 0 amide bonds. The van der Waals surface area contributed by atoms with Gasteiger partial charge in [0.05, 0.1) is 11.9 Å². The fourth-order valence-corrected chi connectivity index (χ4v) is 3.18. The summed E-state index contributed by atoms with van der Waals surface area (Å²) >= 11 is 1.57. The van der Waals surface area contributed by atoms with Crippen molar-refractivity contribution in [2.24, 2.45) is 5.10 Å². The number of anilines is 2. The molecule has 0 atom stereocenters. The van der Waals surface area contributed by atoms with Gasteiger partial charge in [-0.1, -0.05) is 6.07 Å². The van der Waals surface area contributed by atoms with Crippen molar-refractivity contribution in [1.82, 2.24) is 4.98 Å². The van der Waals surface area contributed by atoms with Crippen LogP contribution in [0.1, 0.15) is 29.7 Å².